The van der Waals surface area contributed by atoms with Crippen molar-refractivity contribution in [2.24, 2.45) is 0 Å². The Morgan fingerprint density at radius 1 is 1.47 bits per heavy atom. The average molecular weight is 277 g/mol. The lowest BCUT2D eigenvalue weighted by atomic mass is 10.2. The number of amides is 1. The number of hydrogen-bond donors (Lipinski definition) is 2. The monoisotopic (exact) mass is 277 g/mol. The zero-order valence-corrected chi connectivity index (χ0v) is 11.6. The van der Waals surface area contributed by atoms with Gasteiger partial charge in [0.25, 0.3) is 5.91 Å². The third-order valence-corrected chi connectivity index (χ3v) is 3.10. The van der Waals surface area contributed by atoms with E-state index in [0.717, 1.165) is 30.2 Å². The molecule has 0 aliphatic rings. The highest BCUT2D eigenvalue weighted by atomic mass is 32.1. The van der Waals surface area contributed by atoms with Crippen LogP contribution in [0.3, 0.4) is 0 Å². The van der Waals surface area contributed by atoms with E-state index >= 15 is 0 Å². The van der Waals surface area contributed by atoms with Crippen molar-refractivity contribution in [1.29, 1.82) is 0 Å². The van der Waals surface area contributed by atoms with E-state index < -0.39 is 0 Å². The van der Waals surface area contributed by atoms with Crippen LogP contribution in [0.25, 0.3) is 0 Å². The van der Waals surface area contributed by atoms with Crippen molar-refractivity contribution in [3.63, 3.8) is 0 Å². The molecule has 7 heteroatoms. The molecule has 19 heavy (non-hydrogen) atoms. The van der Waals surface area contributed by atoms with Gasteiger partial charge in [0.15, 0.2) is 0 Å². The number of aromatic nitrogens is 3. The van der Waals surface area contributed by atoms with E-state index in [1.165, 1.54) is 0 Å². The molecule has 0 bridgehead atoms. The summed E-state index contributed by atoms with van der Waals surface area (Å²) in [6.45, 7) is 4.66. The van der Waals surface area contributed by atoms with Crippen LogP contribution in [0.5, 0.6) is 0 Å². The molecule has 2 heterocycles. The van der Waals surface area contributed by atoms with Crippen LogP contribution in [0, 0.1) is 6.92 Å². The number of nitrogens with zero attached hydrogens (tertiary/aromatic N) is 3. The van der Waals surface area contributed by atoms with Crippen molar-refractivity contribution in [1.82, 2.24) is 14.3 Å². The number of anilines is 2. The molecule has 1 amide bonds. The fraction of sp³-hybridized carbons (Fsp3) is 0.333. The molecule has 2 aromatic rings. The highest BCUT2D eigenvalue weighted by molar-refractivity contribution is 7.09. The van der Waals surface area contributed by atoms with E-state index in [4.69, 9.17) is 0 Å². The van der Waals surface area contributed by atoms with Crippen LogP contribution in [0.2, 0.25) is 0 Å². The Kier molecular flexibility index (Phi) is 4.40. The highest BCUT2D eigenvalue weighted by Crippen LogP contribution is 2.17. The maximum absolute atomic E-state index is 12.2. The molecule has 6 nitrogen and oxygen atoms in total. The zero-order chi connectivity index (χ0) is 13.7. The Hall–Kier alpha value is -2.02. The van der Waals surface area contributed by atoms with Gasteiger partial charge in [0.1, 0.15) is 5.82 Å². The molecule has 0 saturated heterocycles. The van der Waals surface area contributed by atoms with Gasteiger partial charge < -0.3 is 5.32 Å². The Bertz CT molecular complexity index is 569. The molecule has 2 aromatic heterocycles. The predicted octanol–water partition coefficient (Wildman–Crippen LogP) is 2.32. The number of carbonyl (C=O) groups is 1. The van der Waals surface area contributed by atoms with Crippen molar-refractivity contribution in [2.75, 3.05) is 17.2 Å². The lowest BCUT2D eigenvalue weighted by Gasteiger charge is -2.09. The minimum atomic E-state index is -0.233. The lowest BCUT2D eigenvalue weighted by Crippen LogP contribution is -2.15. The first-order valence-corrected chi connectivity index (χ1v) is 6.77. The van der Waals surface area contributed by atoms with Gasteiger partial charge in [0, 0.05) is 30.5 Å². The number of nitrogens with one attached hydrogen (secondary N) is 2. The van der Waals surface area contributed by atoms with Crippen LogP contribution in [0.15, 0.2) is 18.5 Å². The summed E-state index contributed by atoms with van der Waals surface area (Å²) < 4.78 is 4.02. The first kappa shape index (κ1) is 13.4. The number of pyridine rings is 1. The van der Waals surface area contributed by atoms with Gasteiger partial charge in [-0.1, -0.05) is 6.92 Å². The highest BCUT2D eigenvalue weighted by Gasteiger charge is 2.13. The Morgan fingerprint density at radius 2 is 2.32 bits per heavy atom. The van der Waals surface area contributed by atoms with Crippen LogP contribution in [0.1, 0.15) is 29.5 Å². The first-order chi connectivity index (χ1) is 9.20. The molecule has 100 valence electrons. The molecule has 0 aliphatic carbocycles. The fourth-order valence-corrected chi connectivity index (χ4v) is 2.07. The number of rotatable bonds is 5. The molecule has 0 saturated carbocycles. The average Bonchev–Trinajstić information content (AvgIpc) is 2.82. The molecule has 0 radical (unpaired) electrons. The molecule has 0 atom stereocenters. The molecule has 0 fully saturated rings. The number of carbonyl (C=O) groups excluding carboxylic acids is 1. The number of aryl methyl sites for hydroxylation is 1. The summed E-state index contributed by atoms with van der Waals surface area (Å²) in [6.07, 6.45) is 4.18. The van der Waals surface area contributed by atoms with E-state index in [1.54, 1.807) is 25.4 Å². The van der Waals surface area contributed by atoms with Gasteiger partial charge in [-0.3, -0.25) is 15.1 Å². The molecule has 0 aliphatic heterocycles. The van der Waals surface area contributed by atoms with E-state index in [2.05, 4.69) is 31.9 Å². The maximum Gasteiger partial charge on any atom is 0.261 e. The second kappa shape index (κ2) is 6.24. The third kappa shape index (κ3) is 3.47. The quantitative estimate of drug-likeness (QED) is 0.876. The third-order valence-electron chi connectivity index (χ3n) is 2.38. The Morgan fingerprint density at radius 3 is 3.00 bits per heavy atom. The summed E-state index contributed by atoms with van der Waals surface area (Å²) in [5, 5.41) is 6.42. The molecular weight excluding hydrogens is 262 g/mol. The van der Waals surface area contributed by atoms with Crippen molar-refractivity contribution in [2.45, 2.75) is 20.3 Å². The lowest BCUT2D eigenvalue weighted by molar-refractivity contribution is 0.102. The van der Waals surface area contributed by atoms with Gasteiger partial charge in [-0.25, -0.2) is 4.98 Å². The maximum atomic E-state index is 12.2. The van der Waals surface area contributed by atoms with Crippen molar-refractivity contribution >= 4 is 28.3 Å². The van der Waals surface area contributed by atoms with E-state index in [0.29, 0.717) is 16.5 Å². The van der Waals surface area contributed by atoms with E-state index in [-0.39, 0.29) is 5.91 Å². The zero-order valence-electron chi connectivity index (χ0n) is 10.8. The summed E-state index contributed by atoms with van der Waals surface area (Å²) in [4.78, 5) is 20.2. The molecule has 0 aromatic carbocycles. The summed E-state index contributed by atoms with van der Waals surface area (Å²) in [5.41, 5.74) is 1.28. The summed E-state index contributed by atoms with van der Waals surface area (Å²) in [6, 6.07) is 1.79. The largest absolute Gasteiger partial charge is 0.384 e. The summed E-state index contributed by atoms with van der Waals surface area (Å²) in [7, 11) is 0. The van der Waals surface area contributed by atoms with Gasteiger partial charge in [0.05, 0.1) is 11.3 Å². The van der Waals surface area contributed by atoms with Gasteiger partial charge >= 0.3 is 0 Å². The smallest absolute Gasteiger partial charge is 0.261 e. The first-order valence-electron chi connectivity index (χ1n) is 6.00. The molecule has 0 unspecified atom stereocenters. The molecule has 0 spiro atoms. The van der Waals surface area contributed by atoms with Gasteiger partial charge in [-0.15, -0.1) is 0 Å². The van der Waals surface area contributed by atoms with Crippen LogP contribution >= 0.6 is 11.5 Å². The predicted molar refractivity (Wildman–Crippen MR) is 75.6 cm³/mol. The van der Waals surface area contributed by atoms with Crippen LogP contribution in [-0.2, 0) is 0 Å². The van der Waals surface area contributed by atoms with Crippen LogP contribution in [-0.4, -0.2) is 26.8 Å². The Labute approximate surface area is 115 Å². The normalized spacial score (nSPS) is 10.2. The van der Waals surface area contributed by atoms with Gasteiger partial charge in [0.2, 0.25) is 5.13 Å². The Balaban J connectivity index is 2.14. The fourth-order valence-electron chi connectivity index (χ4n) is 1.50. The summed E-state index contributed by atoms with van der Waals surface area (Å²) >= 11 is 1.16. The minimum Gasteiger partial charge on any atom is -0.384 e. The molecule has 2 N–H and O–H groups in total. The standard InChI is InChI=1S/C12H15N5OS/c1-3-5-14-10-4-6-13-7-9(10)11(18)16-12-15-8(2)17-19-12/h4,6-7H,3,5H2,1-2H3,(H,13,14)(H,15,16,17,18). The van der Waals surface area contributed by atoms with E-state index in [9.17, 15) is 4.79 Å². The van der Waals surface area contributed by atoms with Crippen molar-refractivity contribution in [3.05, 3.63) is 29.8 Å². The van der Waals surface area contributed by atoms with E-state index in [1.807, 2.05) is 0 Å². The molecule has 2 rings (SSSR count). The number of hydrogen-bond acceptors (Lipinski definition) is 6. The van der Waals surface area contributed by atoms with Gasteiger partial charge in [-0.2, -0.15) is 4.37 Å². The minimum absolute atomic E-state index is 0.233. The van der Waals surface area contributed by atoms with Gasteiger partial charge in [-0.05, 0) is 19.4 Å². The summed E-state index contributed by atoms with van der Waals surface area (Å²) in [5.74, 6) is 0.415. The second-order valence-electron chi connectivity index (χ2n) is 3.95. The second-order valence-corrected chi connectivity index (χ2v) is 4.70. The SMILES string of the molecule is CCCNc1ccncc1C(=O)Nc1nc(C)ns1. The molecular formula is C12H15N5OS. The van der Waals surface area contributed by atoms with Crippen LogP contribution < -0.4 is 10.6 Å². The van der Waals surface area contributed by atoms with Crippen molar-refractivity contribution < 1.29 is 4.79 Å². The van der Waals surface area contributed by atoms with Crippen LogP contribution in [0.4, 0.5) is 10.8 Å². The van der Waals surface area contributed by atoms with Crippen molar-refractivity contribution in [3.8, 4) is 0 Å². The topological polar surface area (TPSA) is 79.8 Å².